The Hall–Kier alpha value is -0.340. The van der Waals surface area contributed by atoms with E-state index in [1.165, 1.54) is 128 Å². The molecule has 0 aliphatic heterocycles. The lowest BCUT2D eigenvalue weighted by atomic mass is 10.0. The van der Waals surface area contributed by atoms with E-state index in [4.69, 9.17) is 0 Å². The average molecular weight is 497 g/mol. The first-order chi connectivity index (χ1) is 14.6. The van der Waals surface area contributed by atoms with Crippen molar-refractivity contribution in [2.24, 2.45) is 0 Å². The maximum absolute atomic E-state index is 2.38. The van der Waals surface area contributed by atoms with Gasteiger partial charge in [0.25, 0.3) is 0 Å². The Labute approximate surface area is 206 Å². The van der Waals surface area contributed by atoms with Crippen molar-refractivity contribution in [3.63, 3.8) is 0 Å². The Bertz CT molecular complexity index is 471. The molecule has 0 aromatic heterocycles. The van der Waals surface area contributed by atoms with Crippen LogP contribution < -0.4 is 17.0 Å². The van der Waals surface area contributed by atoms with E-state index in [9.17, 15) is 0 Å². The third kappa shape index (κ3) is 20.0. The minimum Gasteiger partial charge on any atom is -1.00 e. The first kappa shape index (κ1) is 30.7. The number of halogens is 1. The highest BCUT2D eigenvalue weighted by molar-refractivity contribution is 5.13. The maximum atomic E-state index is 2.38. The second-order valence-corrected chi connectivity index (χ2v) is 10.3. The number of benzene rings is 1. The van der Waals surface area contributed by atoms with Crippen molar-refractivity contribution in [1.29, 1.82) is 0 Å². The Morgan fingerprint density at radius 2 is 0.871 bits per heavy atom. The molecule has 0 N–H and O–H groups in total. The van der Waals surface area contributed by atoms with Crippen molar-refractivity contribution in [2.75, 3.05) is 20.6 Å². The predicted octanol–water partition coefficient (Wildman–Crippen LogP) is 6.31. The van der Waals surface area contributed by atoms with Crippen molar-refractivity contribution in [3.05, 3.63) is 35.9 Å². The van der Waals surface area contributed by atoms with Crippen molar-refractivity contribution in [2.45, 2.75) is 129 Å². The standard InChI is InChI=1S/C29H54N.BrH/c1-4-5-6-7-8-9-10-11-12-13-14-15-16-17-18-19-20-24-27-30(2,3)28-29-25-22-21-23-26-29;/h21-23,25-26H,4-20,24,27-28H2,1-3H3;1H/q+1;/p-1. The van der Waals surface area contributed by atoms with Crippen LogP contribution in [-0.4, -0.2) is 25.1 Å². The Morgan fingerprint density at radius 3 is 1.26 bits per heavy atom. The van der Waals surface area contributed by atoms with E-state index in [1.54, 1.807) is 0 Å². The SMILES string of the molecule is CCCCCCCCCCCCCCCCCCCC[N+](C)(C)Cc1ccccc1.[Br-]. The third-order valence-electron chi connectivity index (χ3n) is 6.57. The van der Waals surface area contributed by atoms with E-state index in [0.29, 0.717) is 0 Å². The minimum atomic E-state index is 0. The van der Waals surface area contributed by atoms with Crippen LogP contribution in [0.4, 0.5) is 0 Å². The molecule has 1 nitrogen and oxygen atoms in total. The van der Waals surface area contributed by atoms with Gasteiger partial charge in [0.1, 0.15) is 6.54 Å². The summed E-state index contributed by atoms with van der Waals surface area (Å²) >= 11 is 0. The molecule has 0 saturated heterocycles. The van der Waals surface area contributed by atoms with E-state index in [1.807, 2.05) is 0 Å². The maximum Gasteiger partial charge on any atom is 0.104 e. The van der Waals surface area contributed by atoms with Gasteiger partial charge in [-0.3, -0.25) is 0 Å². The molecule has 0 fully saturated rings. The molecule has 31 heavy (non-hydrogen) atoms. The summed E-state index contributed by atoms with van der Waals surface area (Å²) in [4.78, 5) is 0. The summed E-state index contributed by atoms with van der Waals surface area (Å²) in [5.41, 5.74) is 1.46. The topological polar surface area (TPSA) is 0 Å². The summed E-state index contributed by atoms with van der Waals surface area (Å²) in [6.45, 7) is 4.75. The minimum absolute atomic E-state index is 0. The van der Waals surface area contributed by atoms with E-state index in [-0.39, 0.29) is 17.0 Å². The largest absolute Gasteiger partial charge is 1.00 e. The van der Waals surface area contributed by atoms with Gasteiger partial charge in [0.2, 0.25) is 0 Å². The van der Waals surface area contributed by atoms with Crippen LogP contribution in [0.25, 0.3) is 0 Å². The summed E-state index contributed by atoms with van der Waals surface area (Å²) < 4.78 is 1.11. The van der Waals surface area contributed by atoms with Crippen LogP contribution in [0.2, 0.25) is 0 Å². The van der Waals surface area contributed by atoms with Gasteiger partial charge in [-0.15, -0.1) is 0 Å². The zero-order valence-corrected chi connectivity index (χ0v) is 22.9. The Kier molecular flexibility index (Phi) is 21.3. The van der Waals surface area contributed by atoms with Crippen LogP contribution in [0.3, 0.4) is 0 Å². The summed E-state index contributed by atoms with van der Waals surface area (Å²) in [7, 11) is 4.75. The van der Waals surface area contributed by atoms with Gasteiger partial charge in [-0.25, -0.2) is 0 Å². The lowest BCUT2D eigenvalue weighted by molar-refractivity contribution is -0.903. The normalized spacial score (nSPS) is 11.5. The van der Waals surface area contributed by atoms with Crippen molar-refractivity contribution >= 4 is 0 Å². The van der Waals surface area contributed by atoms with E-state index in [2.05, 4.69) is 51.4 Å². The summed E-state index contributed by atoms with van der Waals surface area (Å²) in [6.07, 6.45) is 26.1. The molecule has 0 unspecified atom stereocenters. The van der Waals surface area contributed by atoms with Gasteiger partial charge in [0, 0.05) is 5.56 Å². The highest BCUT2D eigenvalue weighted by Crippen LogP contribution is 2.15. The summed E-state index contributed by atoms with van der Waals surface area (Å²) in [5, 5.41) is 0. The molecule has 0 heterocycles. The van der Waals surface area contributed by atoms with Gasteiger partial charge in [-0.2, -0.15) is 0 Å². The quantitative estimate of drug-likeness (QED) is 0.138. The van der Waals surface area contributed by atoms with Gasteiger partial charge in [0.15, 0.2) is 0 Å². The fraction of sp³-hybridized carbons (Fsp3) is 0.793. The van der Waals surface area contributed by atoms with Crippen molar-refractivity contribution in [3.8, 4) is 0 Å². The molecule has 182 valence electrons. The molecule has 1 rings (SSSR count). The van der Waals surface area contributed by atoms with Crippen LogP contribution in [-0.2, 0) is 6.54 Å². The van der Waals surface area contributed by atoms with E-state index in [0.717, 1.165) is 11.0 Å². The first-order valence-corrected chi connectivity index (χ1v) is 13.5. The molecular weight excluding hydrogens is 442 g/mol. The molecule has 0 aliphatic carbocycles. The predicted molar refractivity (Wildman–Crippen MR) is 136 cm³/mol. The van der Waals surface area contributed by atoms with Gasteiger partial charge in [-0.1, -0.05) is 140 Å². The smallest absolute Gasteiger partial charge is 0.104 e. The highest BCUT2D eigenvalue weighted by Gasteiger charge is 2.14. The van der Waals surface area contributed by atoms with Gasteiger partial charge in [0.05, 0.1) is 20.6 Å². The van der Waals surface area contributed by atoms with Crippen molar-refractivity contribution < 1.29 is 21.5 Å². The summed E-state index contributed by atoms with van der Waals surface area (Å²) in [5.74, 6) is 0. The molecule has 2 heteroatoms. The number of rotatable bonds is 21. The van der Waals surface area contributed by atoms with Crippen LogP contribution in [0, 0.1) is 0 Å². The second kappa shape index (κ2) is 21.5. The molecule has 1 aromatic carbocycles. The Balaban J connectivity index is 0.00000900. The molecule has 0 radical (unpaired) electrons. The molecule has 1 aromatic rings. The summed E-state index contributed by atoms with van der Waals surface area (Å²) in [6, 6.07) is 10.9. The molecule has 0 bridgehead atoms. The van der Waals surface area contributed by atoms with Crippen LogP contribution >= 0.6 is 0 Å². The number of quaternary nitrogens is 1. The highest BCUT2D eigenvalue weighted by atomic mass is 79.9. The first-order valence-electron chi connectivity index (χ1n) is 13.5. The van der Waals surface area contributed by atoms with Gasteiger partial charge in [-0.05, 0) is 12.8 Å². The molecule has 0 atom stereocenters. The van der Waals surface area contributed by atoms with E-state index < -0.39 is 0 Å². The van der Waals surface area contributed by atoms with Crippen molar-refractivity contribution in [1.82, 2.24) is 0 Å². The third-order valence-corrected chi connectivity index (χ3v) is 6.57. The Morgan fingerprint density at radius 1 is 0.516 bits per heavy atom. The van der Waals surface area contributed by atoms with E-state index >= 15 is 0 Å². The van der Waals surface area contributed by atoms with Crippen LogP contribution in [0.1, 0.15) is 128 Å². The van der Waals surface area contributed by atoms with Crippen LogP contribution in [0.15, 0.2) is 30.3 Å². The number of hydrogen-bond acceptors (Lipinski definition) is 0. The number of unbranched alkanes of at least 4 members (excludes halogenated alkanes) is 17. The molecular formula is C29H54BrN. The molecule has 0 amide bonds. The monoisotopic (exact) mass is 495 g/mol. The fourth-order valence-corrected chi connectivity index (χ4v) is 4.60. The molecule has 0 saturated carbocycles. The number of nitrogens with zero attached hydrogens (tertiary/aromatic N) is 1. The molecule has 0 spiro atoms. The van der Waals surface area contributed by atoms with Gasteiger partial charge >= 0.3 is 0 Å². The zero-order valence-electron chi connectivity index (χ0n) is 21.4. The van der Waals surface area contributed by atoms with Crippen LogP contribution in [0.5, 0.6) is 0 Å². The average Bonchev–Trinajstić information content (AvgIpc) is 2.73. The lowest BCUT2D eigenvalue weighted by Gasteiger charge is -2.30. The molecule has 0 aliphatic rings. The second-order valence-electron chi connectivity index (χ2n) is 10.3. The fourth-order valence-electron chi connectivity index (χ4n) is 4.60. The lowest BCUT2D eigenvalue weighted by Crippen LogP contribution is -3.00. The zero-order chi connectivity index (χ0) is 21.8. The number of hydrogen-bond donors (Lipinski definition) is 0. The van der Waals surface area contributed by atoms with Gasteiger partial charge < -0.3 is 21.5 Å².